The monoisotopic (exact) mass is 303 g/mol. The number of nitrogens with one attached hydrogen (secondary N) is 1. The van der Waals surface area contributed by atoms with Crippen molar-refractivity contribution in [3.63, 3.8) is 0 Å². The summed E-state index contributed by atoms with van der Waals surface area (Å²) in [5, 5.41) is 3.29. The summed E-state index contributed by atoms with van der Waals surface area (Å²) in [6.07, 6.45) is -2.12. The summed E-state index contributed by atoms with van der Waals surface area (Å²) in [4.78, 5) is 0. The molecule has 0 heterocycles. The number of alkyl halides is 3. The molecular weight excluding hydrogens is 282 g/mol. The molecule has 0 saturated carbocycles. The standard InChI is InChI=1S/C16H21F4N/c1-11(6-5-9-21-15(2,3)4)12-7-8-14(17)13(10-12)16(18,19)20/h6-8,10,21H,5,9H2,1-4H3/b11-6-. The van der Waals surface area contributed by atoms with Gasteiger partial charge in [0.25, 0.3) is 0 Å². The van der Waals surface area contributed by atoms with Crippen molar-refractivity contribution in [1.82, 2.24) is 5.32 Å². The van der Waals surface area contributed by atoms with Crippen LogP contribution in [-0.4, -0.2) is 12.1 Å². The Morgan fingerprint density at radius 1 is 1.19 bits per heavy atom. The summed E-state index contributed by atoms with van der Waals surface area (Å²) in [5.74, 6) is -1.24. The first kappa shape index (κ1) is 17.7. The van der Waals surface area contributed by atoms with Gasteiger partial charge < -0.3 is 5.32 Å². The highest BCUT2D eigenvalue weighted by Crippen LogP contribution is 2.33. The van der Waals surface area contributed by atoms with Crippen LogP contribution in [0.4, 0.5) is 17.6 Å². The molecule has 1 N–H and O–H groups in total. The number of rotatable bonds is 4. The summed E-state index contributed by atoms with van der Waals surface area (Å²) in [6, 6.07) is 3.09. The number of benzene rings is 1. The lowest BCUT2D eigenvalue weighted by atomic mass is 10.0. The molecule has 0 bridgehead atoms. The Morgan fingerprint density at radius 3 is 2.33 bits per heavy atom. The van der Waals surface area contributed by atoms with Gasteiger partial charge in [0.1, 0.15) is 5.82 Å². The quantitative estimate of drug-likeness (QED) is 0.608. The Bertz CT molecular complexity index is 510. The zero-order valence-corrected chi connectivity index (χ0v) is 12.7. The summed E-state index contributed by atoms with van der Waals surface area (Å²) < 4.78 is 51.2. The molecule has 118 valence electrons. The molecule has 0 aliphatic carbocycles. The van der Waals surface area contributed by atoms with Crippen LogP contribution in [0, 0.1) is 5.82 Å². The summed E-state index contributed by atoms with van der Waals surface area (Å²) in [6.45, 7) is 8.58. The van der Waals surface area contributed by atoms with E-state index in [0.29, 0.717) is 17.6 Å². The highest BCUT2D eigenvalue weighted by molar-refractivity contribution is 5.64. The second-order valence-corrected chi connectivity index (χ2v) is 6.04. The average Bonchev–Trinajstić information content (AvgIpc) is 2.32. The van der Waals surface area contributed by atoms with E-state index < -0.39 is 17.6 Å². The summed E-state index contributed by atoms with van der Waals surface area (Å²) in [5.41, 5.74) is -0.127. The Labute approximate surface area is 123 Å². The lowest BCUT2D eigenvalue weighted by Crippen LogP contribution is -2.36. The SMILES string of the molecule is C/C(=C/CCNC(C)(C)C)c1ccc(F)c(C(F)(F)F)c1. The lowest BCUT2D eigenvalue weighted by molar-refractivity contribution is -0.140. The number of allylic oxidation sites excluding steroid dienone is 1. The van der Waals surface area contributed by atoms with Gasteiger partial charge in [-0.1, -0.05) is 12.1 Å². The van der Waals surface area contributed by atoms with E-state index >= 15 is 0 Å². The van der Waals surface area contributed by atoms with E-state index in [1.807, 2.05) is 26.8 Å². The largest absolute Gasteiger partial charge is 0.419 e. The highest BCUT2D eigenvalue weighted by atomic mass is 19.4. The molecule has 1 nitrogen and oxygen atoms in total. The fraction of sp³-hybridized carbons (Fsp3) is 0.500. The van der Waals surface area contributed by atoms with Gasteiger partial charge in [-0.3, -0.25) is 0 Å². The molecule has 1 aromatic carbocycles. The maximum Gasteiger partial charge on any atom is 0.419 e. The minimum atomic E-state index is -4.67. The first-order valence-corrected chi connectivity index (χ1v) is 6.79. The van der Waals surface area contributed by atoms with Crippen molar-refractivity contribution in [2.75, 3.05) is 6.54 Å². The first-order valence-electron chi connectivity index (χ1n) is 6.79. The maximum absolute atomic E-state index is 13.2. The predicted molar refractivity (Wildman–Crippen MR) is 77.4 cm³/mol. The van der Waals surface area contributed by atoms with Gasteiger partial charge in [0.15, 0.2) is 0 Å². The fourth-order valence-electron chi connectivity index (χ4n) is 1.84. The maximum atomic E-state index is 13.2. The van der Waals surface area contributed by atoms with Crippen LogP contribution < -0.4 is 5.32 Å². The van der Waals surface area contributed by atoms with E-state index in [-0.39, 0.29) is 5.54 Å². The molecule has 0 aromatic heterocycles. The third kappa shape index (κ3) is 5.87. The van der Waals surface area contributed by atoms with Crippen LogP contribution in [0.5, 0.6) is 0 Å². The molecule has 0 aliphatic rings. The van der Waals surface area contributed by atoms with Gasteiger partial charge in [0.2, 0.25) is 0 Å². The predicted octanol–water partition coefficient (Wildman–Crippen LogP) is 5.03. The van der Waals surface area contributed by atoms with Crippen LogP contribution in [0.2, 0.25) is 0 Å². The normalized spacial score (nSPS) is 13.6. The zero-order chi connectivity index (χ0) is 16.3. The molecule has 1 aromatic rings. The van der Waals surface area contributed by atoms with Crippen LogP contribution in [0.25, 0.3) is 5.57 Å². The molecule has 0 saturated heterocycles. The molecule has 0 amide bonds. The van der Waals surface area contributed by atoms with Crippen molar-refractivity contribution in [2.45, 2.75) is 45.8 Å². The second-order valence-electron chi connectivity index (χ2n) is 6.04. The molecule has 0 unspecified atom stereocenters. The van der Waals surface area contributed by atoms with Crippen LogP contribution in [0.3, 0.4) is 0 Å². The van der Waals surface area contributed by atoms with Gasteiger partial charge in [0.05, 0.1) is 5.56 Å². The van der Waals surface area contributed by atoms with Crippen LogP contribution >= 0.6 is 0 Å². The summed E-state index contributed by atoms with van der Waals surface area (Å²) in [7, 11) is 0. The van der Waals surface area contributed by atoms with Crippen molar-refractivity contribution in [2.24, 2.45) is 0 Å². The van der Waals surface area contributed by atoms with Crippen LogP contribution in [0.15, 0.2) is 24.3 Å². The highest BCUT2D eigenvalue weighted by Gasteiger charge is 2.34. The third-order valence-electron chi connectivity index (χ3n) is 2.98. The zero-order valence-electron chi connectivity index (χ0n) is 12.7. The first-order chi connectivity index (χ1) is 9.50. The molecule has 5 heteroatoms. The van der Waals surface area contributed by atoms with Crippen molar-refractivity contribution < 1.29 is 17.6 Å². The Kier molecular flexibility index (Phi) is 5.56. The molecule has 0 fully saturated rings. The van der Waals surface area contributed by atoms with E-state index in [0.717, 1.165) is 18.7 Å². The van der Waals surface area contributed by atoms with E-state index in [2.05, 4.69) is 5.32 Å². The number of hydrogen-bond donors (Lipinski definition) is 1. The Balaban J connectivity index is 2.81. The topological polar surface area (TPSA) is 12.0 Å². The van der Waals surface area contributed by atoms with Gasteiger partial charge in [-0.15, -0.1) is 0 Å². The average molecular weight is 303 g/mol. The molecule has 0 aliphatic heterocycles. The fourth-order valence-corrected chi connectivity index (χ4v) is 1.84. The van der Waals surface area contributed by atoms with Gasteiger partial charge in [-0.05, 0) is 63.9 Å². The lowest BCUT2D eigenvalue weighted by Gasteiger charge is -2.19. The van der Waals surface area contributed by atoms with E-state index in [1.54, 1.807) is 6.92 Å². The van der Waals surface area contributed by atoms with E-state index in [1.165, 1.54) is 6.07 Å². The molecule has 21 heavy (non-hydrogen) atoms. The Morgan fingerprint density at radius 2 is 1.81 bits per heavy atom. The molecule has 1 rings (SSSR count). The number of hydrogen-bond acceptors (Lipinski definition) is 1. The molecule has 0 spiro atoms. The minimum absolute atomic E-state index is 0.00107. The van der Waals surface area contributed by atoms with Gasteiger partial charge in [-0.2, -0.15) is 13.2 Å². The van der Waals surface area contributed by atoms with Crippen molar-refractivity contribution in [1.29, 1.82) is 0 Å². The second kappa shape index (κ2) is 6.60. The van der Waals surface area contributed by atoms with Crippen molar-refractivity contribution >= 4 is 5.57 Å². The minimum Gasteiger partial charge on any atom is -0.312 e. The van der Waals surface area contributed by atoms with E-state index in [9.17, 15) is 17.6 Å². The molecule has 0 atom stereocenters. The van der Waals surface area contributed by atoms with E-state index in [4.69, 9.17) is 0 Å². The number of halogens is 4. The molecule has 0 radical (unpaired) electrons. The smallest absolute Gasteiger partial charge is 0.312 e. The van der Waals surface area contributed by atoms with Crippen LogP contribution in [-0.2, 0) is 6.18 Å². The van der Waals surface area contributed by atoms with Gasteiger partial charge >= 0.3 is 6.18 Å². The van der Waals surface area contributed by atoms with Gasteiger partial charge in [-0.25, -0.2) is 4.39 Å². The summed E-state index contributed by atoms with van der Waals surface area (Å²) >= 11 is 0. The molecular formula is C16H21F4N. The van der Waals surface area contributed by atoms with Gasteiger partial charge in [0, 0.05) is 5.54 Å². The van der Waals surface area contributed by atoms with Crippen molar-refractivity contribution in [3.05, 3.63) is 41.2 Å². The third-order valence-corrected chi connectivity index (χ3v) is 2.98. The Hall–Kier alpha value is -1.36. The van der Waals surface area contributed by atoms with Crippen LogP contribution in [0.1, 0.15) is 45.2 Å². The van der Waals surface area contributed by atoms with Crippen molar-refractivity contribution in [3.8, 4) is 0 Å².